The summed E-state index contributed by atoms with van der Waals surface area (Å²) in [4.78, 5) is 6.19. The van der Waals surface area contributed by atoms with Crippen molar-refractivity contribution in [3.63, 3.8) is 0 Å². The summed E-state index contributed by atoms with van der Waals surface area (Å²) in [6, 6.07) is 3.40. The van der Waals surface area contributed by atoms with E-state index in [-0.39, 0.29) is 5.03 Å². The second kappa shape index (κ2) is 5.49. The first-order valence-corrected chi connectivity index (χ1v) is 7.96. The average molecular weight is 284 g/mol. The zero-order valence-electron chi connectivity index (χ0n) is 12.6. The smallest absolute Gasteiger partial charge is 0.200 e. The summed E-state index contributed by atoms with van der Waals surface area (Å²) in [5.74, 6) is 0.544. The SMILES string of the molecule is CC(C)CN(C)c1ccc(S(=O)(=O)C(C)(C)C)nc1. The van der Waals surface area contributed by atoms with Crippen molar-refractivity contribution in [1.82, 2.24) is 4.98 Å². The van der Waals surface area contributed by atoms with Gasteiger partial charge in [-0.2, -0.15) is 0 Å². The van der Waals surface area contributed by atoms with E-state index in [2.05, 4.69) is 23.7 Å². The van der Waals surface area contributed by atoms with Gasteiger partial charge in [0.2, 0.25) is 0 Å². The molecule has 0 N–H and O–H groups in total. The Bertz CT molecular complexity index is 513. The van der Waals surface area contributed by atoms with Crippen LogP contribution in [0.3, 0.4) is 0 Å². The zero-order chi connectivity index (χ0) is 14.8. The first kappa shape index (κ1) is 16.0. The highest BCUT2D eigenvalue weighted by Gasteiger charge is 2.31. The maximum atomic E-state index is 12.2. The van der Waals surface area contributed by atoms with Gasteiger partial charge in [0.25, 0.3) is 0 Å². The lowest BCUT2D eigenvalue weighted by Crippen LogP contribution is -2.29. The molecule has 0 unspecified atom stereocenters. The first-order chi connectivity index (χ1) is 8.55. The van der Waals surface area contributed by atoms with Crippen molar-refractivity contribution in [2.45, 2.75) is 44.4 Å². The highest BCUT2D eigenvalue weighted by molar-refractivity contribution is 7.92. The van der Waals surface area contributed by atoms with Crippen LogP contribution in [0.4, 0.5) is 5.69 Å². The van der Waals surface area contributed by atoms with Crippen molar-refractivity contribution in [3.05, 3.63) is 18.3 Å². The molecule has 1 heterocycles. The zero-order valence-corrected chi connectivity index (χ0v) is 13.5. The largest absolute Gasteiger partial charge is 0.373 e. The maximum Gasteiger partial charge on any atom is 0.200 e. The number of aromatic nitrogens is 1. The normalized spacial score (nSPS) is 12.8. The molecular weight excluding hydrogens is 260 g/mol. The van der Waals surface area contributed by atoms with Gasteiger partial charge in [-0.15, -0.1) is 0 Å². The van der Waals surface area contributed by atoms with E-state index in [4.69, 9.17) is 0 Å². The second-order valence-corrected chi connectivity index (χ2v) is 8.89. The molecule has 0 atom stereocenters. The molecule has 108 valence electrons. The molecule has 0 aromatic carbocycles. The molecular formula is C14H24N2O2S. The van der Waals surface area contributed by atoms with Crippen molar-refractivity contribution >= 4 is 15.5 Å². The predicted molar refractivity (Wildman–Crippen MR) is 79.3 cm³/mol. The number of nitrogens with zero attached hydrogens (tertiary/aromatic N) is 2. The Balaban J connectivity index is 3.01. The molecule has 1 rings (SSSR count). The van der Waals surface area contributed by atoms with E-state index in [1.165, 1.54) is 0 Å². The third-order valence-corrected chi connectivity index (χ3v) is 5.29. The molecule has 0 bridgehead atoms. The number of rotatable bonds is 4. The van der Waals surface area contributed by atoms with Gasteiger partial charge in [0, 0.05) is 13.6 Å². The molecule has 0 fully saturated rings. The number of hydrogen-bond acceptors (Lipinski definition) is 4. The summed E-state index contributed by atoms with van der Waals surface area (Å²) in [7, 11) is -1.39. The fourth-order valence-electron chi connectivity index (χ4n) is 1.72. The lowest BCUT2D eigenvalue weighted by Gasteiger charge is -2.22. The Morgan fingerprint density at radius 2 is 1.84 bits per heavy atom. The average Bonchev–Trinajstić information content (AvgIpc) is 2.26. The third kappa shape index (κ3) is 3.69. The summed E-state index contributed by atoms with van der Waals surface area (Å²) in [5, 5.41) is 0.140. The first-order valence-electron chi connectivity index (χ1n) is 6.47. The van der Waals surface area contributed by atoms with Crippen molar-refractivity contribution in [1.29, 1.82) is 0 Å². The van der Waals surface area contributed by atoms with Gasteiger partial charge >= 0.3 is 0 Å². The van der Waals surface area contributed by atoms with Crippen LogP contribution in [0, 0.1) is 5.92 Å². The van der Waals surface area contributed by atoms with Gasteiger partial charge in [-0.3, -0.25) is 0 Å². The summed E-state index contributed by atoms with van der Waals surface area (Å²) >= 11 is 0. The summed E-state index contributed by atoms with van der Waals surface area (Å²) in [6.45, 7) is 10.2. The van der Waals surface area contributed by atoms with E-state index < -0.39 is 14.6 Å². The van der Waals surface area contributed by atoms with E-state index in [9.17, 15) is 8.42 Å². The Labute approximate surface area is 116 Å². The van der Waals surface area contributed by atoms with Crippen LogP contribution in [0.1, 0.15) is 34.6 Å². The minimum absolute atomic E-state index is 0.140. The van der Waals surface area contributed by atoms with Crippen LogP contribution in [-0.4, -0.2) is 31.7 Å². The third-order valence-electron chi connectivity index (χ3n) is 2.88. The molecule has 19 heavy (non-hydrogen) atoms. The number of pyridine rings is 1. The fraction of sp³-hybridized carbons (Fsp3) is 0.643. The molecule has 0 radical (unpaired) electrons. The Hall–Kier alpha value is -1.10. The lowest BCUT2D eigenvalue weighted by molar-refractivity contribution is 0.556. The molecule has 0 aliphatic carbocycles. The van der Waals surface area contributed by atoms with Gasteiger partial charge in [0.15, 0.2) is 14.9 Å². The van der Waals surface area contributed by atoms with Gasteiger partial charge in [0.05, 0.1) is 16.6 Å². The topological polar surface area (TPSA) is 50.3 Å². The van der Waals surface area contributed by atoms with Crippen LogP contribution < -0.4 is 4.90 Å². The highest BCUT2D eigenvalue weighted by atomic mass is 32.2. The van der Waals surface area contributed by atoms with E-state index in [0.717, 1.165) is 12.2 Å². The highest BCUT2D eigenvalue weighted by Crippen LogP contribution is 2.24. The van der Waals surface area contributed by atoms with E-state index in [0.29, 0.717) is 5.92 Å². The van der Waals surface area contributed by atoms with Crippen molar-refractivity contribution in [2.75, 3.05) is 18.5 Å². The number of sulfone groups is 1. The molecule has 0 aliphatic rings. The van der Waals surface area contributed by atoms with E-state index in [1.807, 2.05) is 13.1 Å². The molecule has 0 saturated heterocycles. The molecule has 0 spiro atoms. The van der Waals surface area contributed by atoms with Crippen LogP contribution in [0.15, 0.2) is 23.4 Å². The van der Waals surface area contributed by atoms with Gasteiger partial charge in [-0.25, -0.2) is 13.4 Å². The standard InChI is InChI=1S/C14H24N2O2S/c1-11(2)10-16(6)12-7-8-13(15-9-12)19(17,18)14(3,4)5/h7-9,11H,10H2,1-6H3. The second-order valence-electron chi connectivity index (χ2n) is 6.24. The minimum Gasteiger partial charge on any atom is -0.373 e. The molecule has 1 aromatic heterocycles. The van der Waals surface area contributed by atoms with Gasteiger partial charge in [0.1, 0.15) is 0 Å². The van der Waals surface area contributed by atoms with Gasteiger partial charge in [-0.1, -0.05) is 13.8 Å². The lowest BCUT2D eigenvalue weighted by atomic mass is 10.2. The van der Waals surface area contributed by atoms with Crippen LogP contribution in [-0.2, 0) is 9.84 Å². The summed E-state index contributed by atoms with van der Waals surface area (Å²) < 4.78 is 23.6. The van der Waals surface area contributed by atoms with Crippen LogP contribution >= 0.6 is 0 Å². The van der Waals surface area contributed by atoms with Crippen LogP contribution in [0.2, 0.25) is 0 Å². The molecule has 1 aromatic rings. The molecule has 0 aliphatic heterocycles. The Kier molecular flexibility index (Phi) is 4.61. The van der Waals surface area contributed by atoms with Crippen molar-refractivity contribution < 1.29 is 8.42 Å². The Morgan fingerprint density at radius 3 is 2.21 bits per heavy atom. The molecule has 4 nitrogen and oxygen atoms in total. The van der Waals surface area contributed by atoms with Crippen LogP contribution in [0.5, 0.6) is 0 Å². The van der Waals surface area contributed by atoms with Crippen molar-refractivity contribution in [2.24, 2.45) is 5.92 Å². The van der Waals surface area contributed by atoms with Gasteiger partial charge < -0.3 is 4.90 Å². The fourth-order valence-corrected chi connectivity index (χ4v) is 2.79. The molecule has 0 amide bonds. The minimum atomic E-state index is -3.37. The Morgan fingerprint density at radius 1 is 1.26 bits per heavy atom. The van der Waals surface area contributed by atoms with E-state index in [1.54, 1.807) is 33.0 Å². The number of hydrogen-bond donors (Lipinski definition) is 0. The summed E-state index contributed by atoms with van der Waals surface area (Å²) in [6.07, 6.45) is 1.63. The number of anilines is 1. The predicted octanol–water partition coefficient (Wildman–Crippen LogP) is 2.75. The summed E-state index contributed by atoms with van der Waals surface area (Å²) in [5.41, 5.74) is 0.932. The van der Waals surface area contributed by atoms with Crippen molar-refractivity contribution in [3.8, 4) is 0 Å². The maximum absolute atomic E-state index is 12.2. The quantitative estimate of drug-likeness (QED) is 0.853. The van der Waals surface area contributed by atoms with E-state index >= 15 is 0 Å². The van der Waals surface area contributed by atoms with Crippen LogP contribution in [0.25, 0.3) is 0 Å². The van der Waals surface area contributed by atoms with Gasteiger partial charge in [-0.05, 0) is 38.8 Å². The molecule has 5 heteroatoms. The monoisotopic (exact) mass is 284 g/mol. The molecule has 0 saturated carbocycles.